The summed E-state index contributed by atoms with van der Waals surface area (Å²) in [5.74, 6) is 2.56. The maximum Gasteiger partial charge on any atom is 0.203 e. The van der Waals surface area contributed by atoms with E-state index in [1.54, 1.807) is 21.3 Å². The van der Waals surface area contributed by atoms with E-state index in [2.05, 4.69) is 15.6 Å². The maximum atomic E-state index is 6.02. The molecule has 7 heteroatoms. The van der Waals surface area contributed by atoms with Gasteiger partial charge in [0.25, 0.3) is 0 Å². The molecule has 0 unspecified atom stereocenters. The number of hydrogen-bond acceptors (Lipinski definition) is 4. The van der Waals surface area contributed by atoms with Crippen molar-refractivity contribution >= 4 is 17.6 Å². The summed E-state index contributed by atoms with van der Waals surface area (Å²) in [6.45, 7) is 3.62. The monoisotopic (exact) mass is 391 g/mol. The zero-order valence-electron chi connectivity index (χ0n) is 16.1. The standard InChI is InChI=1S/C20H26ClN3O3/c1-5-27-19-17(25-3)10-15(11-18(19)26-4)13-24-20(22-2)23-12-14-7-6-8-16(21)9-14/h6-11H,5,12-13H2,1-4H3,(H2,22,23,24). The fourth-order valence-electron chi connectivity index (χ4n) is 2.56. The lowest BCUT2D eigenvalue weighted by molar-refractivity contribution is 0.288. The minimum Gasteiger partial charge on any atom is -0.493 e. The lowest BCUT2D eigenvalue weighted by Gasteiger charge is -2.16. The number of guanidine groups is 1. The number of ether oxygens (including phenoxy) is 3. The number of methoxy groups -OCH3 is 2. The normalized spacial score (nSPS) is 11.1. The third kappa shape index (κ3) is 5.96. The summed E-state index contributed by atoms with van der Waals surface area (Å²) in [6, 6.07) is 11.5. The molecule has 0 radical (unpaired) electrons. The smallest absolute Gasteiger partial charge is 0.203 e. The highest BCUT2D eigenvalue weighted by atomic mass is 35.5. The molecule has 27 heavy (non-hydrogen) atoms. The topological polar surface area (TPSA) is 64.1 Å². The Morgan fingerprint density at radius 1 is 1.00 bits per heavy atom. The van der Waals surface area contributed by atoms with E-state index < -0.39 is 0 Å². The molecule has 2 rings (SSSR count). The van der Waals surface area contributed by atoms with Crippen LogP contribution in [0.3, 0.4) is 0 Å². The predicted octanol–water partition coefficient (Wildman–Crippen LogP) is 3.62. The highest BCUT2D eigenvalue weighted by molar-refractivity contribution is 6.30. The van der Waals surface area contributed by atoms with Gasteiger partial charge in [0.05, 0.1) is 20.8 Å². The maximum absolute atomic E-state index is 6.02. The van der Waals surface area contributed by atoms with E-state index in [1.165, 1.54) is 0 Å². The first kappa shape index (κ1) is 20.7. The zero-order valence-corrected chi connectivity index (χ0v) is 16.9. The largest absolute Gasteiger partial charge is 0.493 e. The Labute approximate surface area is 165 Å². The second-order valence-corrected chi connectivity index (χ2v) is 6.11. The first-order valence-corrected chi connectivity index (χ1v) is 9.05. The van der Waals surface area contributed by atoms with Gasteiger partial charge in [-0.25, -0.2) is 0 Å². The molecule has 6 nitrogen and oxygen atoms in total. The van der Waals surface area contributed by atoms with Crippen LogP contribution in [0.4, 0.5) is 0 Å². The molecule has 0 amide bonds. The highest BCUT2D eigenvalue weighted by Gasteiger charge is 2.14. The number of nitrogens with zero attached hydrogens (tertiary/aromatic N) is 1. The SMILES string of the molecule is CCOc1c(OC)cc(CNC(=NC)NCc2cccc(Cl)c2)cc1OC. The van der Waals surface area contributed by atoms with Gasteiger partial charge in [-0.2, -0.15) is 0 Å². The number of halogens is 1. The molecule has 146 valence electrons. The molecule has 2 aromatic rings. The van der Waals surface area contributed by atoms with E-state index >= 15 is 0 Å². The second kappa shape index (κ2) is 10.5. The quantitative estimate of drug-likeness (QED) is 0.531. The van der Waals surface area contributed by atoms with Crippen LogP contribution in [0.5, 0.6) is 17.2 Å². The van der Waals surface area contributed by atoms with Crippen molar-refractivity contribution in [2.24, 2.45) is 4.99 Å². The predicted molar refractivity (Wildman–Crippen MR) is 109 cm³/mol. The molecule has 0 saturated carbocycles. The summed E-state index contributed by atoms with van der Waals surface area (Å²) in [5, 5.41) is 7.26. The van der Waals surface area contributed by atoms with Crippen LogP contribution in [0.15, 0.2) is 41.4 Å². The molecule has 0 aromatic heterocycles. The molecule has 2 N–H and O–H groups in total. The second-order valence-electron chi connectivity index (χ2n) is 5.67. The van der Waals surface area contributed by atoms with Crippen LogP contribution in [0.25, 0.3) is 0 Å². The van der Waals surface area contributed by atoms with Gasteiger partial charge in [0.2, 0.25) is 5.75 Å². The van der Waals surface area contributed by atoms with E-state index in [0.717, 1.165) is 11.1 Å². The minimum atomic E-state index is 0.532. The number of benzene rings is 2. The van der Waals surface area contributed by atoms with Crippen molar-refractivity contribution in [1.29, 1.82) is 0 Å². The molecule has 0 spiro atoms. The van der Waals surface area contributed by atoms with Crippen molar-refractivity contribution in [3.63, 3.8) is 0 Å². The summed E-state index contributed by atoms with van der Waals surface area (Å²) in [6.07, 6.45) is 0. The molecule has 0 atom stereocenters. The first-order chi connectivity index (χ1) is 13.1. The Hall–Kier alpha value is -2.60. The van der Waals surface area contributed by atoms with Gasteiger partial charge >= 0.3 is 0 Å². The van der Waals surface area contributed by atoms with Crippen LogP contribution < -0.4 is 24.8 Å². The summed E-state index contributed by atoms with van der Waals surface area (Å²) in [5.41, 5.74) is 2.06. The van der Waals surface area contributed by atoms with Crippen LogP contribution in [0, 0.1) is 0 Å². The molecule has 0 saturated heterocycles. The van der Waals surface area contributed by atoms with E-state index in [1.807, 2.05) is 43.3 Å². The molecule has 0 fully saturated rings. The van der Waals surface area contributed by atoms with Gasteiger partial charge in [0.1, 0.15) is 0 Å². The van der Waals surface area contributed by atoms with Gasteiger partial charge in [0, 0.05) is 25.2 Å². The van der Waals surface area contributed by atoms with Crippen LogP contribution in [0.1, 0.15) is 18.1 Å². The Morgan fingerprint density at radius 3 is 2.15 bits per heavy atom. The van der Waals surface area contributed by atoms with Crippen LogP contribution in [-0.2, 0) is 13.1 Å². The van der Waals surface area contributed by atoms with Gasteiger partial charge in [-0.3, -0.25) is 4.99 Å². The van der Waals surface area contributed by atoms with Gasteiger partial charge in [-0.05, 0) is 42.3 Å². The Morgan fingerprint density at radius 2 is 1.63 bits per heavy atom. The van der Waals surface area contributed by atoms with Crippen LogP contribution in [0.2, 0.25) is 5.02 Å². The van der Waals surface area contributed by atoms with Gasteiger partial charge in [-0.1, -0.05) is 23.7 Å². The van der Waals surface area contributed by atoms with E-state index in [9.17, 15) is 0 Å². The Bertz CT molecular complexity index is 756. The molecule has 0 aliphatic rings. The summed E-state index contributed by atoms with van der Waals surface area (Å²) >= 11 is 6.02. The molecule has 2 aromatic carbocycles. The van der Waals surface area contributed by atoms with Crippen molar-refractivity contribution < 1.29 is 14.2 Å². The Kier molecular flexibility index (Phi) is 8.07. The van der Waals surface area contributed by atoms with Crippen molar-refractivity contribution in [3.8, 4) is 17.2 Å². The zero-order chi connectivity index (χ0) is 19.6. The molecule has 0 aliphatic heterocycles. The van der Waals surface area contributed by atoms with Crippen molar-refractivity contribution in [2.75, 3.05) is 27.9 Å². The van der Waals surface area contributed by atoms with Crippen LogP contribution in [-0.4, -0.2) is 33.8 Å². The van der Waals surface area contributed by atoms with Gasteiger partial charge in [0.15, 0.2) is 17.5 Å². The van der Waals surface area contributed by atoms with Crippen molar-refractivity contribution in [3.05, 3.63) is 52.5 Å². The number of aliphatic imine (C=N–C) groups is 1. The molecule has 0 aliphatic carbocycles. The van der Waals surface area contributed by atoms with Gasteiger partial charge in [-0.15, -0.1) is 0 Å². The van der Waals surface area contributed by atoms with Crippen LogP contribution >= 0.6 is 11.6 Å². The number of hydrogen-bond donors (Lipinski definition) is 2. The minimum absolute atomic E-state index is 0.532. The van der Waals surface area contributed by atoms with E-state index in [4.69, 9.17) is 25.8 Å². The summed E-state index contributed by atoms with van der Waals surface area (Å²) < 4.78 is 16.5. The molecular weight excluding hydrogens is 366 g/mol. The average Bonchev–Trinajstić information content (AvgIpc) is 2.68. The third-order valence-electron chi connectivity index (χ3n) is 3.84. The van der Waals surface area contributed by atoms with Crippen molar-refractivity contribution in [1.82, 2.24) is 10.6 Å². The van der Waals surface area contributed by atoms with Gasteiger partial charge < -0.3 is 24.8 Å². The lowest BCUT2D eigenvalue weighted by Crippen LogP contribution is -2.36. The molecule has 0 bridgehead atoms. The number of nitrogens with one attached hydrogen (secondary N) is 2. The summed E-state index contributed by atoms with van der Waals surface area (Å²) in [7, 11) is 4.95. The summed E-state index contributed by atoms with van der Waals surface area (Å²) in [4.78, 5) is 4.25. The van der Waals surface area contributed by atoms with E-state index in [0.29, 0.717) is 47.9 Å². The molecular formula is C20H26ClN3O3. The first-order valence-electron chi connectivity index (χ1n) is 8.67. The van der Waals surface area contributed by atoms with E-state index in [-0.39, 0.29) is 0 Å². The lowest BCUT2D eigenvalue weighted by atomic mass is 10.1. The number of rotatable bonds is 8. The highest BCUT2D eigenvalue weighted by Crippen LogP contribution is 2.38. The Balaban J connectivity index is 2.03. The average molecular weight is 392 g/mol. The molecule has 0 heterocycles. The third-order valence-corrected chi connectivity index (χ3v) is 4.08. The fourth-order valence-corrected chi connectivity index (χ4v) is 2.77. The fraction of sp³-hybridized carbons (Fsp3) is 0.350. The van der Waals surface area contributed by atoms with Crippen molar-refractivity contribution in [2.45, 2.75) is 20.0 Å².